The number of methoxy groups -OCH3 is 2. The van der Waals surface area contributed by atoms with E-state index in [9.17, 15) is 14.4 Å². The number of nitrogens with two attached hydrogens (primary N) is 2. The lowest BCUT2D eigenvalue weighted by atomic mass is 10.0. The molecule has 0 aliphatic carbocycles. The summed E-state index contributed by atoms with van der Waals surface area (Å²) in [6.45, 7) is 0. The predicted octanol–water partition coefficient (Wildman–Crippen LogP) is 2.22. The van der Waals surface area contributed by atoms with E-state index in [1.165, 1.54) is 38.5 Å². The molecule has 0 atom stereocenters. The number of carbonyl (C=O) groups excluding carboxylic acids is 3. The number of anilines is 1. The van der Waals surface area contributed by atoms with Gasteiger partial charge in [0.05, 0.1) is 19.9 Å². The number of carbonyl (C=O) groups is 3. The second-order valence-electron chi connectivity index (χ2n) is 6.10. The first-order valence-corrected chi connectivity index (χ1v) is 8.99. The molecule has 0 aliphatic rings. The van der Waals surface area contributed by atoms with Gasteiger partial charge in [-0.15, -0.1) is 0 Å². The number of aliphatic imine (C=N–C) groups is 1. The van der Waals surface area contributed by atoms with Crippen molar-refractivity contribution in [2.24, 2.45) is 16.5 Å². The van der Waals surface area contributed by atoms with Gasteiger partial charge in [-0.05, 0) is 53.6 Å². The normalized spacial score (nSPS) is 10.6. The summed E-state index contributed by atoms with van der Waals surface area (Å²) in [4.78, 5) is 39.4. The standard InChI is InChI=1S/C22H22N4O5/c1-30-19(27)10-7-14-6-9-18(12-15(14)8-11-20(28)31-2)25-21(29)16-4-3-5-17(13-16)26-22(23)24/h3-13H,1-2H3,(H,25,29)(H4,23,24,26)/b10-7+,11-8+. The summed E-state index contributed by atoms with van der Waals surface area (Å²) in [7, 11) is 2.53. The van der Waals surface area contributed by atoms with Gasteiger partial charge in [-0.2, -0.15) is 0 Å². The largest absolute Gasteiger partial charge is 0.466 e. The van der Waals surface area contributed by atoms with Crippen LogP contribution in [0.5, 0.6) is 0 Å². The third-order valence-corrected chi connectivity index (χ3v) is 3.91. The Bertz CT molecular complexity index is 1070. The van der Waals surface area contributed by atoms with Gasteiger partial charge >= 0.3 is 11.9 Å². The van der Waals surface area contributed by atoms with Crippen LogP contribution in [0.2, 0.25) is 0 Å². The summed E-state index contributed by atoms with van der Waals surface area (Å²) in [5, 5.41) is 2.77. The van der Waals surface area contributed by atoms with Crippen LogP contribution in [0.4, 0.5) is 11.4 Å². The molecule has 0 radical (unpaired) electrons. The van der Waals surface area contributed by atoms with Crippen LogP contribution >= 0.6 is 0 Å². The molecule has 2 aromatic rings. The molecule has 2 aromatic carbocycles. The lowest BCUT2D eigenvalue weighted by molar-refractivity contribution is -0.135. The van der Waals surface area contributed by atoms with Crippen molar-refractivity contribution < 1.29 is 23.9 Å². The Balaban J connectivity index is 2.32. The fourth-order valence-electron chi connectivity index (χ4n) is 2.47. The van der Waals surface area contributed by atoms with Crippen molar-refractivity contribution in [3.8, 4) is 0 Å². The lowest BCUT2D eigenvalue weighted by Gasteiger charge is -2.09. The van der Waals surface area contributed by atoms with Crippen molar-refractivity contribution in [3.05, 3.63) is 71.3 Å². The lowest BCUT2D eigenvalue weighted by Crippen LogP contribution is -2.21. The van der Waals surface area contributed by atoms with Crippen LogP contribution in [0, 0.1) is 0 Å². The van der Waals surface area contributed by atoms with Crippen LogP contribution in [0.25, 0.3) is 12.2 Å². The monoisotopic (exact) mass is 422 g/mol. The van der Waals surface area contributed by atoms with E-state index >= 15 is 0 Å². The van der Waals surface area contributed by atoms with Gasteiger partial charge in [-0.1, -0.05) is 12.1 Å². The Morgan fingerprint density at radius 3 is 2.16 bits per heavy atom. The molecule has 0 fully saturated rings. The molecular weight excluding hydrogens is 400 g/mol. The number of amides is 1. The van der Waals surface area contributed by atoms with Gasteiger partial charge < -0.3 is 26.3 Å². The summed E-state index contributed by atoms with van der Waals surface area (Å²) in [6, 6.07) is 11.5. The second kappa shape index (κ2) is 11.0. The molecule has 0 bridgehead atoms. The van der Waals surface area contributed by atoms with E-state index in [1.807, 2.05) is 0 Å². The number of esters is 2. The van der Waals surface area contributed by atoms with E-state index in [-0.39, 0.29) is 11.9 Å². The van der Waals surface area contributed by atoms with E-state index in [4.69, 9.17) is 11.5 Å². The average Bonchev–Trinajstić information content (AvgIpc) is 2.76. The highest BCUT2D eigenvalue weighted by Gasteiger charge is 2.09. The number of guanidine groups is 1. The average molecular weight is 422 g/mol. The zero-order chi connectivity index (χ0) is 22.8. The van der Waals surface area contributed by atoms with E-state index in [2.05, 4.69) is 19.8 Å². The Morgan fingerprint density at radius 2 is 1.55 bits per heavy atom. The molecule has 0 aromatic heterocycles. The van der Waals surface area contributed by atoms with Gasteiger partial charge in [0.25, 0.3) is 5.91 Å². The number of benzene rings is 2. The fraction of sp³-hybridized carbons (Fsp3) is 0.0909. The fourth-order valence-corrected chi connectivity index (χ4v) is 2.47. The molecule has 9 nitrogen and oxygen atoms in total. The molecule has 31 heavy (non-hydrogen) atoms. The van der Waals surface area contributed by atoms with Crippen molar-refractivity contribution in [1.82, 2.24) is 0 Å². The molecular formula is C22H22N4O5. The van der Waals surface area contributed by atoms with Gasteiger partial charge in [-0.3, -0.25) is 4.79 Å². The maximum Gasteiger partial charge on any atom is 0.330 e. The Kier molecular flexibility index (Phi) is 8.09. The first-order valence-electron chi connectivity index (χ1n) is 8.99. The maximum absolute atomic E-state index is 12.6. The zero-order valence-electron chi connectivity index (χ0n) is 17.0. The smallest absolute Gasteiger partial charge is 0.330 e. The number of nitrogens with one attached hydrogen (secondary N) is 1. The summed E-state index contributed by atoms with van der Waals surface area (Å²) in [5.41, 5.74) is 13.2. The van der Waals surface area contributed by atoms with E-state index in [0.29, 0.717) is 28.1 Å². The van der Waals surface area contributed by atoms with Crippen LogP contribution in [-0.2, 0) is 19.1 Å². The topological polar surface area (TPSA) is 146 Å². The molecule has 0 aliphatic heterocycles. The van der Waals surface area contributed by atoms with E-state index in [1.54, 1.807) is 42.5 Å². The van der Waals surface area contributed by atoms with E-state index < -0.39 is 11.9 Å². The first kappa shape index (κ1) is 22.9. The molecule has 160 valence electrons. The Labute approximate surface area is 179 Å². The zero-order valence-corrected chi connectivity index (χ0v) is 17.0. The van der Waals surface area contributed by atoms with Gasteiger partial charge in [0.1, 0.15) is 0 Å². The van der Waals surface area contributed by atoms with Crippen LogP contribution in [0.15, 0.2) is 59.6 Å². The number of ether oxygens (including phenoxy) is 2. The number of hydrogen-bond acceptors (Lipinski definition) is 6. The van der Waals surface area contributed by atoms with Gasteiger partial charge in [-0.25, -0.2) is 14.6 Å². The third-order valence-electron chi connectivity index (χ3n) is 3.91. The molecule has 0 saturated heterocycles. The van der Waals surface area contributed by atoms with Gasteiger partial charge in [0.2, 0.25) is 0 Å². The maximum atomic E-state index is 12.6. The minimum atomic E-state index is -0.547. The van der Waals surface area contributed by atoms with Crippen LogP contribution in [0.1, 0.15) is 21.5 Å². The van der Waals surface area contributed by atoms with Gasteiger partial charge in [0.15, 0.2) is 5.96 Å². The van der Waals surface area contributed by atoms with Crippen LogP contribution in [0.3, 0.4) is 0 Å². The molecule has 1 amide bonds. The minimum absolute atomic E-state index is 0.116. The van der Waals surface area contributed by atoms with Crippen LogP contribution < -0.4 is 16.8 Å². The number of hydrogen-bond donors (Lipinski definition) is 3. The minimum Gasteiger partial charge on any atom is -0.466 e. The van der Waals surface area contributed by atoms with Crippen molar-refractivity contribution in [3.63, 3.8) is 0 Å². The van der Waals surface area contributed by atoms with Crippen molar-refractivity contribution >= 4 is 47.3 Å². The summed E-state index contributed by atoms with van der Waals surface area (Å²) < 4.78 is 9.19. The Hall–Kier alpha value is -4.40. The quantitative estimate of drug-likeness (QED) is 0.268. The molecule has 0 heterocycles. The first-order chi connectivity index (χ1) is 14.8. The molecule has 0 unspecified atom stereocenters. The third kappa shape index (κ3) is 7.17. The molecule has 9 heteroatoms. The highest BCUT2D eigenvalue weighted by molar-refractivity contribution is 6.05. The molecule has 2 rings (SSSR count). The van der Waals surface area contributed by atoms with Crippen molar-refractivity contribution in [2.45, 2.75) is 0 Å². The highest BCUT2D eigenvalue weighted by atomic mass is 16.5. The van der Waals surface area contributed by atoms with Crippen molar-refractivity contribution in [1.29, 1.82) is 0 Å². The van der Waals surface area contributed by atoms with Gasteiger partial charge in [0, 0.05) is 23.4 Å². The molecule has 0 spiro atoms. The SMILES string of the molecule is COC(=O)/C=C/c1ccc(NC(=O)c2cccc(N=C(N)N)c2)cc1/C=C/C(=O)OC. The predicted molar refractivity (Wildman–Crippen MR) is 118 cm³/mol. The Morgan fingerprint density at radius 1 is 0.903 bits per heavy atom. The van der Waals surface area contributed by atoms with Crippen molar-refractivity contribution in [2.75, 3.05) is 19.5 Å². The number of rotatable bonds is 7. The van der Waals surface area contributed by atoms with Crippen LogP contribution in [-0.4, -0.2) is 38.0 Å². The number of nitrogens with zero attached hydrogens (tertiary/aromatic N) is 1. The summed E-state index contributed by atoms with van der Waals surface area (Å²) in [5.74, 6) is -1.57. The highest BCUT2D eigenvalue weighted by Crippen LogP contribution is 2.21. The molecule has 5 N–H and O–H groups in total. The second-order valence-corrected chi connectivity index (χ2v) is 6.10. The summed E-state index contributed by atoms with van der Waals surface area (Å²) in [6.07, 6.45) is 5.53. The van der Waals surface area contributed by atoms with E-state index in [0.717, 1.165) is 0 Å². The molecule has 0 saturated carbocycles. The summed E-state index contributed by atoms with van der Waals surface area (Å²) >= 11 is 0.